The van der Waals surface area contributed by atoms with Crippen LogP contribution in [0.4, 0.5) is 0 Å². The van der Waals surface area contributed by atoms with Gasteiger partial charge in [-0.05, 0) is 0 Å². The molecule has 0 amide bonds. The van der Waals surface area contributed by atoms with Gasteiger partial charge in [-0.25, -0.2) is 0 Å². The van der Waals surface area contributed by atoms with Gasteiger partial charge in [-0.1, -0.05) is 12.2 Å². The highest BCUT2D eigenvalue weighted by molar-refractivity contribution is 5.74. The molecule has 50 valence electrons. The number of aliphatic carboxylic acids is 1. The standard InChI is InChI=1S/C6H8O3/c7-3-4-1-2-5(4)6(8)9/h1-2,4-5,7H,3H2,(H,8,9)/t4-,5-/m0/s1. The van der Waals surface area contributed by atoms with Crippen LogP contribution in [0, 0.1) is 11.8 Å². The summed E-state index contributed by atoms with van der Waals surface area (Å²) in [6.45, 7) is -0.0620. The number of hydrogen-bond acceptors (Lipinski definition) is 2. The Morgan fingerprint density at radius 3 is 2.33 bits per heavy atom. The Morgan fingerprint density at radius 2 is 2.22 bits per heavy atom. The average molecular weight is 128 g/mol. The van der Waals surface area contributed by atoms with Crippen LogP contribution >= 0.6 is 0 Å². The number of carboxylic acid groups (broad SMARTS) is 1. The maximum absolute atomic E-state index is 10.2. The molecule has 0 radical (unpaired) electrons. The van der Waals surface area contributed by atoms with Crippen LogP contribution in [0.5, 0.6) is 0 Å². The van der Waals surface area contributed by atoms with E-state index in [1.807, 2.05) is 0 Å². The van der Waals surface area contributed by atoms with Gasteiger partial charge in [0.15, 0.2) is 0 Å². The summed E-state index contributed by atoms with van der Waals surface area (Å²) in [5.41, 5.74) is 0. The lowest BCUT2D eigenvalue weighted by Crippen LogP contribution is -2.29. The highest BCUT2D eigenvalue weighted by Gasteiger charge is 2.29. The van der Waals surface area contributed by atoms with E-state index in [-0.39, 0.29) is 12.5 Å². The summed E-state index contributed by atoms with van der Waals surface area (Å²) in [4.78, 5) is 10.2. The fourth-order valence-electron chi connectivity index (χ4n) is 0.819. The smallest absolute Gasteiger partial charge is 0.311 e. The zero-order valence-corrected chi connectivity index (χ0v) is 4.82. The Labute approximate surface area is 52.6 Å². The maximum Gasteiger partial charge on any atom is 0.311 e. The molecule has 3 nitrogen and oxygen atoms in total. The summed E-state index contributed by atoms with van der Waals surface area (Å²) in [6.07, 6.45) is 3.29. The van der Waals surface area contributed by atoms with E-state index in [1.165, 1.54) is 0 Å². The lowest BCUT2D eigenvalue weighted by atomic mass is 9.83. The van der Waals surface area contributed by atoms with Gasteiger partial charge in [0, 0.05) is 5.92 Å². The number of aliphatic hydroxyl groups excluding tert-OH is 1. The molecule has 0 aromatic carbocycles. The number of aliphatic hydroxyl groups is 1. The van der Waals surface area contributed by atoms with E-state index in [0.29, 0.717) is 0 Å². The molecular weight excluding hydrogens is 120 g/mol. The molecule has 0 spiro atoms. The van der Waals surface area contributed by atoms with Gasteiger partial charge >= 0.3 is 5.97 Å². The fourth-order valence-corrected chi connectivity index (χ4v) is 0.819. The number of rotatable bonds is 2. The van der Waals surface area contributed by atoms with E-state index >= 15 is 0 Å². The van der Waals surface area contributed by atoms with Crippen molar-refractivity contribution in [2.24, 2.45) is 11.8 Å². The molecule has 3 heteroatoms. The summed E-state index contributed by atoms with van der Waals surface area (Å²) < 4.78 is 0. The van der Waals surface area contributed by atoms with Gasteiger partial charge in [-0.3, -0.25) is 4.79 Å². The minimum Gasteiger partial charge on any atom is -0.481 e. The van der Waals surface area contributed by atoms with Crippen LogP contribution in [-0.4, -0.2) is 22.8 Å². The third-order valence-electron chi connectivity index (χ3n) is 1.52. The first-order valence-corrected chi connectivity index (χ1v) is 2.77. The third-order valence-corrected chi connectivity index (χ3v) is 1.52. The van der Waals surface area contributed by atoms with E-state index < -0.39 is 11.9 Å². The number of carbonyl (C=O) groups is 1. The molecule has 0 bridgehead atoms. The van der Waals surface area contributed by atoms with E-state index in [2.05, 4.69) is 0 Å². The third kappa shape index (κ3) is 0.954. The Kier molecular flexibility index (Phi) is 1.53. The van der Waals surface area contributed by atoms with E-state index in [9.17, 15) is 4.79 Å². The molecule has 1 aliphatic rings. The second-order valence-electron chi connectivity index (χ2n) is 2.10. The average Bonchev–Trinajstić information content (AvgIpc) is 1.61. The Morgan fingerprint density at radius 1 is 1.56 bits per heavy atom. The van der Waals surface area contributed by atoms with Crippen molar-refractivity contribution in [3.05, 3.63) is 12.2 Å². The van der Waals surface area contributed by atoms with E-state index in [4.69, 9.17) is 10.2 Å². The zero-order chi connectivity index (χ0) is 6.85. The van der Waals surface area contributed by atoms with E-state index in [1.54, 1.807) is 12.2 Å². The Bertz CT molecular complexity index is 150. The Hall–Kier alpha value is -0.830. The molecule has 1 rings (SSSR count). The molecule has 0 saturated carbocycles. The largest absolute Gasteiger partial charge is 0.481 e. The van der Waals surface area contributed by atoms with Crippen LogP contribution in [0.25, 0.3) is 0 Å². The molecule has 0 fully saturated rings. The monoisotopic (exact) mass is 128 g/mol. The molecule has 0 unspecified atom stereocenters. The first-order chi connectivity index (χ1) is 4.25. The summed E-state index contributed by atoms with van der Waals surface area (Å²) >= 11 is 0. The van der Waals surface area contributed by atoms with Crippen molar-refractivity contribution in [2.45, 2.75) is 0 Å². The molecule has 0 aliphatic heterocycles. The molecule has 0 aromatic rings. The lowest BCUT2D eigenvalue weighted by Gasteiger charge is -2.22. The summed E-state index contributed by atoms with van der Waals surface area (Å²) in [5.74, 6) is -1.45. The minimum absolute atomic E-state index is 0.0620. The van der Waals surface area contributed by atoms with Crippen molar-refractivity contribution in [1.82, 2.24) is 0 Å². The maximum atomic E-state index is 10.2. The molecule has 0 aromatic heterocycles. The van der Waals surface area contributed by atoms with Crippen molar-refractivity contribution in [1.29, 1.82) is 0 Å². The highest BCUT2D eigenvalue weighted by atomic mass is 16.4. The molecular formula is C6H8O3. The van der Waals surface area contributed by atoms with Gasteiger partial charge in [0.2, 0.25) is 0 Å². The minimum atomic E-state index is -0.850. The quantitative estimate of drug-likeness (QED) is 0.509. The Balaban J connectivity index is 2.48. The zero-order valence-electron chi connectivity index (χ0n) is 4.82. The van der Waals surface area contributed by atoms with Crippen molar-refractivity contribution in [3.8, 4) is 0 Å². The summed E-state index contributed by atoms with van der Waals surface area (Å²) in [6, 6.07) is 0. The normalized spacial score (nSPS) is 31.7. The van der Waals surface area contributed by atoms with Crippen molar-refractivity contribution in [2.75, 3.05) is 6.61 Å². The molecule has 2 N–H and O–H groups in total. The van der Waals surface area contributed by atoms with Crippen LogP contribution in [0.15, 0.2) is 12.2 Å². The van der Waals surface area contributed by atoms with Crippen LogP contribution in [0.1, 0.15) is 0 Å². The fraction of sp³-hybridized carbons (Fsp3) is 0.500. The predicted octanol–water partition coefficient (Wildman–Crippen LogP) is -0.135. The summed E-state index contributed by atoms with van der Waals surface area (Å²) in [7, 11) is 0. The van der Waals surface area contributed by atoms with Gasteiger partial charge in [-0.2, -0.15) is 0 Å². The van der Waals surface area contributed by atoms with Gasteiger partial charge in [-0.15, -0.1) is 0 Å². The van der Waals surface area contributed by atoms with Gasteiger partial charge < -0.3 is 10.2 Å². The molecule has 2 atom stereocenters. The van der Waals surface area contributed by atoms with Crippen molar-refractivity contribution >= 4 is 5.97 Å². The van der Waals surface area contributed by atoms with Crippen molar-refractivity contribution < 1.29 is 15.0 Å². The van der Waals surface area contributed by atoms with Crippen LogP contribution in [-0.2, 0) is 4.79 Å². The topological polar surface area (TPSA) is 57.5 Å². The lowest BCUT2D eigenvalue weighted by molar-refractivity contribution is -0.142. The van der Waals surface area contributed by atoms with Crippen LogP contribution in [0.3, 0.4) is 0 Å². The number of hydrogen-bond donors (Lipinski definition) is 2. The number of carboxylic acids is 1. The first kappa shape index (κ1) is 6.29. The molecule has 1 aliphatic carbocycles. The predicted molar refractivity (Wildman–Crippen MR) is 30.8 cm³/mol. The highest BCUT2D eigenvalue weighted by Crippen LogP contribution is 2.24. The SMILES string of the molecule is O=C(O)[C@H]1C=C[C@H]1CO. The molecule has 9 heavy (non-hydrogen) atoms. The van der Waals surface area contributed by atoms with Crippen molar-refractivity contribution in [3.63, 3.8) is 0 Å². The van der Waals surface area contributed by atoms with Gasteiger partial charge in [0.1, 0.15) is 0 Å². The van der Waals surface area contributed by atoms with E-state index in [0.717, 1.165) is 0 Å². The summed E-state index contributed by atoms with van der Waals surface area (Å²) in [5, 5.41) is 16.9. The van der Waals surface area contributed by atoms with Crippen LogP contribution in [0.2, 0.25) is 0 Å². The van der Waals surface area contributed by atoms with Gasteiger partial charge in [0.25, 0.3) is 0 Å². The first-order valence-electron chi connectivity index (χ1n) is 2.77. The second kappa shape index (κ2) is 2.19. The molecule has 0 heterocycles. The van der Waals surface area contributed by atoms with Crippen LogP contribution < -0.4 is 0 Å². The molecule has 0 saturated heterocycles. The van der Waals surface area contributed by atoms with Gasteiger partial charge in [0.05, 0.1) is 12.5 Å². The second-order valence-corrected chi connectivity index (χ2v) is 2.10.